The van der Waals surface area contributed by atoms with Gasteiger partial charge in [0.05, 0.1) is 0 Å². The molecule has 0 radical (unpaired) electrons. The molecule has 0 bridgehead atoms. The molecule has 0 saturated heterocycles. The van der Waals surface area contributed by atoms with E-state index in [1.165, 1.54) is 12.1 Å². The number of benzene rings is 2. The SMILES string of the molecule is CC(NCc1ccccc1)(C(=O)O)c1ccc(O)cc1. The lowest BCUT2D eigenvalue weighted by atomic mass is 9.91. The molecule has 1 atom stereocenters. The molecule has 0 spiro atoms. The van der Waals surface area contributed by atoms with E-state index >= 15 is 0 Å². The zero-order valence-electron chi connectivity index (χ0n) is 11.2. The Morgan fingerprint density at radius 2 is 1.70 bits per heavy atom. The predicted molar refractivity (Wildman–Crippen MR) is 76.4 cm³/mol. The number of aromatic hydroxyl groups is 1. The predicted octanol–water partition coefficient (Wildman–Crippen LogP) is 2.48. The van der Waals surface area contributed by atoms with Crippen LogP contribution in [0.1, 0.15) is 18.1 Å². The van der Waals surface area contributed by atoms with E-state index in [1.54, 1.807) is 19.1 Å². The van der Waals surface area contributed by atoms with Gasteiger partial charge in [-0.3, -0.25) is 5.32 Å². The number of hydrogen-bond donors (Lipinski definition) is 3. The molecule has 0 aliphatic carbocycles. The Morgan fingerprint density at radius 3 is 2.25 bits per heavy atom. The lowest BCUT2D eigenvalue weighted by Gasteiger charge is -2.27. The lowest BCUT2D eigenvalue weighted by Crippen LogP contribution is -2.46. The topological polar surface area (TPSA) is 69.6 Å². The van der Waals surface area contributed by atoms with Gasteiger partial charge in [0.2, 0.25) is 0 Å². The summed E-state index contributed by atoms with van der Waals surface area (Å²) in [6.07, 6.45) is 0. The quantitative estimate of drug-likeness (QED) is 0.781. The van der Waals surface area contributed by atoms with Crippen LogP contribution in [0.15, 0.2) is 54.6 Å². The molecule has 104 valence electrons. The molecular formula is C16H17NO3. The second-order valence-corrected chi connectivity index (χ2v) is 4.82. The van der Waals surface area contributed by atoms with Crippen molar-refractivity contribution in [2.75, 3.05) is 0 Å². The van der Waals surface area contributed by atoms with Crippen molar-refractivity contribution in [3.63, 3.8) is 0 Å². The summed E-state index contributed by atoms with van der Waals surface area (Å²) in [6, 6.07) is 15.8. The standard InChI is InChI=1S/C16H17NO3/c1-16(15(19)20,13-7-9-14(18)10-8-13)17-11-12-5-3-2-4-6-12/h2-10,17-18H,11H2,1H3,(H,19,20). The minimum atomic E-state index is -1.20. The Kier molecular flexibility index (Phi) is 4.05. The highest BCUT2D eigenvalue weighted by atomic mass is 16.4. The van der Waals surface area contributed by atoms with Crippen molar-refractivity contribution in [1.29, 1.82) is 0 Å². The smallest absolute Gasteiger partial charge is 0.328 e. The average Bonchev–Trinajstić information content (AvgIpc) is 2.46. The van der Waals surface area contributed by atoms with Crippen LogP contribution in [0.4, 0.5) is 0 Å². The summed E-state index contributed by atoms with van der Waals surface area (Å²) >= 11 is 0. The van der Waals surface area contributed by atoms with Gasteiger partial charge in [0.25, 0.3) is 0 Å². The number of phenolic OH excluding ortho intramolecular Hbond substituents is 1. The molecule has 0 fully saturated rings. The first-order valence-electron chi connectivity index (χ1n) is 6.34. The van der Waals surface area contributed by atoms with Crippen LogP contribution in [-0.2, 0) is 16.9 Å². The van der Waals surface area contributed by atoms with Gasteiger partial charge in [-0.05, 0) is 30.2 Å². The van der Waals surface area contributed by atoms with E-state index < -0.39 is 11.5 Å². The molecule has 0 heterocycles. The van der Waals surface area contributed by atoms with Crippen molar-refractivity contribution < 1.29 is 15.0 Å². The van der Waals surface area contributed by atoms with Crippen LogP contribution >= 0.6 is 0 Å². The summed E-state index contributed by atoms with van der Waals surface area (Å²) in [6.45, 7) is 2.06. The minimum absolute atomic E-state index is 0.115. The van der Waals surface area contributed by atoms with Crippen LogP contribution in [0.3, 0.4) is 0 Å². The molecule has 0 amide bonds. The molecule has 0 aliphatic rings. The fourth-order valence-corrected chi connectivity index (χ4v) is 1.97. The zero-order valence-corrected chi connectivity index (χ0v) is 11.2. The highest BCUT2D eigenvalue weighted by Crippen LogP contribution is 2.24. The van der Waals surface area contributed by atoms with Gasteiger partial charge in [-0.1, -0.05) is 42.5 Å². The van der Waals surface area contributed by atoms with E-state index in [1.807, 2.05) is 30.3 Å². The number of rotatable bonds is 5. The van der Waals surface area contributed by atoms with Crippen molar-refractivity contribution in [1.82, 2.24) is 5.32 Å². The molecule has 0 aromatic heterocycles. The Labute approximate surface area is 117 Å². The number of aliphatic carboxylic acids is 1. The largest absolute Gasteiger partial charge is 0.508 e. The van der Waals surface area contributed by atoms with Gasteiger partial charge in [-0.2, -0.15) is 0 Å². The third-order valence-electron chi connectivity index (χ3n) is 3.36. The molecule has 2 aromatic carbocycles. The molecule has 2 aromatic rings. The van der Waals surface area contributed by atoms with Gasteiger partial charge in [0.1, 0.15) is 11.3 Å². The Morgan fingerprint density at radius 1 is 1.10 bits per heavy atom. The Hall–Kier alpha value is -2.33. The van der Waals surface area contributed by atoms with E-state index in [0.29, 0.717) is 12.1 Å². The Balaban J connectivity index is 2.21. The number of hydrogen-bond acceptors (Lipinski definition) is 3. The second kappa shape index (κ2) is 5.75. The minimum Gasteiger partial charge on any atom is -0.508 e. The van der Waals surface area contributed by atoms with Crippen molar-refractivity contribution in [2.45, 2.75) is 19.0 Å². The maximum atomic E-state index is 11.6. The van der Waals surface area contributed by atoms with Gasteiger partial charge in [-0.25, -0.2) is 4.79 Å². The van der Waals surface area contributed by atoms with Crippen molar-refractivity contribution in [3.8, 4) is 5.75 Å². The van der Waals surface area contributed by atoms with Crippen LogP contribution in [0.2, 0.25) is 0 Å². The summed E-state index contributed by atoms with van der Waals surface area (Å²) in [5.74, 6) is -0.844. The molecule has 4 nitrogen and oxygen atoms in total. The van der Waals surface area contributed by atoms with Gasteiger partial charge in [0, 0.05) is 6.54 Å². The summed E-state index contributed by atoms with van der Waals surface area (Å²) in [4.78, 5) is 11.6. The van der Waals surface area contributed by atoms with Crippen LogP contribution in [0.5, 0.6) is 5.75 Å². The van der Waals surface area contributed by atoms with Crippen LogP contribution in [0.25, 0.3) is 0 Å². The van der Waals surface area contributed by atoms with E-state index in [9.17, 15) is 15.0 Å². The van der Waals surface area contributed by atoms with Crippen LogP contribution < -0.4 is 5.32 Å². The number of carboxylic acid groups (broad SMARTS) is 1. The van der Waals surface area contributed by atoms with Gasteiger partial charge >= 0.3 is 5.97 Å². The molecule has 1 unspecified atom stereocenters. The number of carbonyl (C=O) groups is 1. The molecular weight excluding hydrogens is 254 g/mol. The molecule has 4 heteroatoms. The maximum absolute atomic E-state index is 11.6. The number of phenols is 1. The van der Waals surface area contributed by atoms with E-state index in [0.717, 1.165) is 5.56 Å². The van der Waals surface area contributed by atoms with Crippen molar-refractivity contribution in [2.24, 2.45) is 0 Å². The molecule has 0 aliphatic heterocycles. The van der Waals surface area contributed by atoms with E-state index in [-0.39, 0.29) is 5.75 Å². The normalized spacial score (nSPS) is 13.7. The zero-order chi connectivity index (χ0) is 14.6. The average molecular weight is 271 g/mol. The molecule has 0 saturated carbocycles. The van der Waals surface area contributed by atoms with Gasteiger partial charge in [0.15, 0.2) is 0 Å². The second-order valence-electron chi connectivity index (χ2n) is 4.82. The Bertz CT molecular complexity index is 580. The number of nitrogens with one attached hydrogen (secondary N) is 1. The summed E-state index contributed by atoms with van der Waals surface area (Å²) in [5, 5.41) is 21.9. The highest BCUT2D eigenvalue weighted by Gasteiger charge is 2.34. The molecule has 2 rings (SSSR count). The first-order valence-corrected chi connectivity index (χ1v) is 6.34. The molecule has 20 heavy (non-hydrogen) atoms. The first kappa shape index (κ1) is 14.1. The summed E-state index contributed by atoms with van der Waals surface area (Å²) in [5.41, 5.74) is 0.404. The van der Waals surface area contributed by atoms with Crippen molar-refractivity contribution >= 4 is 5.97 Å². The number of carboxylic acids is 1. The summed E-state index contributed by atoms with van der Waals surface area (Å²) in [7, 11) is 0. The highest BCUT2D eigenvalue weighted by molar-refractivity contribution is 5.80. The first-order chi connectivity index (χ1) is 9.52. The molecule has 3 N–H and O–H groups in total. The third-order valence-corrected chi connectivity index (χ3v) is 3.36. The fraction of sp³-hybridized carbons (Fsp3) is 0.188. The van der Waals surface area contributed by atoms with Gasteiger partial charge in [-0.15, -0.1) is 0 Å². The monoisotopic (exact) mass is 271 g/mol. The van der Waals surface area contributed by atoms with Crippen LogP contribution in [-0.4, -0.2) is 16.2 Å². The van der Waals surface area contributed by atoms with E-state index in [4.69, 9.17) is 0 Å². The van der Waals surface area contributed by atoms with Gasteiger partial charge < -0.3 is 10.2 Å². The fourth-order valence-electron chi connectivity index (χ4n) is 1.97. The summed E-state index contributed by atoms with van der Waals surface area (Å²) < 4.78 is 0. The maximum Gasteiger partial charge on any atom is 0.328 e. The lowest BCUT2D eigenvalue weighted by molar-refractivity contribution is -0.144. The van der Waals surface area contributed by atoms with E-state index in [2.05, 4.69) is 5.32 Å². The van der Waals surface area contributed by atoms with Crippen LogP contribution in [0, 0.1) is 0 Å². The van der Waals surface area contributed by atoms with Crippen molar-refractivity contribution in [3.05, 3.63) is 65.7 Å². The third kappa shape index (κ3) is 2.97.